The largest absolute Gasteiger partial charge is 0.494 e. The topological polar surface area (TPSA) is 70.7 Å². The zero-order valence-electron chi connectivity index (χ0n) is 16.1. The van der Waals surface area contributed by atoms with Gasteiger partial charge >= 0.3 is 0 Å². The summed E-state index contributed by atoms with van der Waals surface area (Å²) in [6.45, 7) is 7.72. The molecular weight excluding hydrogens is 342 g/mol. The third-order valence-electron chi connectivity index (χ3n) is 3.97. The zero-order chi connectivity index (χ0) is 19.6. The third kappa shape index (κ3) is 6.75. The first-order valence-corrected chi connectivity index (χ1v) is 9.12. The number of benzene rings is 2. The number of hydrogen-bond acceptors (Lipinski definition) is 4. The molecule has 144 valence electrons. The number of nitrogens with zero attached hydrogens (tertiary/aromatic N) is 1. The Bertz CT molecular complexity index is 760. The molecular formula is C21H27N3O3. The predicted molar refractivity (Wildman–Crippen MR) is 108 cm³/mol. The molecule has 0 aliphatic heterocycles. The van der Waals surface area contributed by atoms with Gasteiger partial charge in [-0.3, -0.25) is 14.5 Å². The fourth-order valence-corrected chi connectivity index (χ4v) is 2.69. The second-order valence-electron chi connectivity index (χ2n) is 6.15. The van der Waals surface area contributed by atoms with Gasteiger partial charge in [0.25, 0.3) is 0 Å². The molecule has 0 heterocycles. The van der Waals surface area contributed by atoms with Gasteiger partial charge in [0.1, 0.15) is 5.75 Å². The van der Waals surface area contributed by atoms with Gasteiger partial charge in [-0.2, -0.15) is 0 Å². The molecule has 0 aliphatic carbocycles. The average Bonchev–Trinajstić information content (AvgIpc) is 2.64. The molecule has 2 aromatic rings. The zero-order valence-corrected chi connectivity index (χ0v) is 16.1. The Morgan fingerprint density at radius 1 is 0.963 bits per heavy atom. The summed E-state index contributed by atoms with van der Waals surface area (Å²) in [7, 11) is 0. The number of anilines is 2. The van der Waals surface area contributed by atoms with Gasteiger partial charge in [0.05, 0.1) is 13.2 Å². The fraction of sp³-hybridized carbons (Fsp3) is 0.333. The molecule has 0 unspecified atom stereocenters. The monoisotopic (exact) mass is 369 g/mol. The van der Waals surface area contributed by atoms with Crippen molar-refractivity contribution in [2.75, 3.05) is 30.3 Å². The van der Waals surface area contributed by atoms with E-state index < -0.39 is 0 Å². The van der Waals surface area contributed by atoms with E-state index in [0.717, 1.165) is 17.9 Å². The second-order valence-corrected chi connectivity index (χ2v) is 6.15. The Morgan fingerprint density at radius 2 is 1.59 bits per heavy atom. The van der Waals surface area contributed by atoms with Gasteiger partial charge < -0.3 is 15.4 Å². The normalized spacial score (nSPS) is 10.5. The number of carbonyl (C=O) groups excluding carboxylic acids is 2. The standard InChI is InChI=1S/C21H27N3O3/c1-4-24(14-17-8-6-7-9-20(17)27-5-2)15-21(26)23-19-12-10-18(11-13-19)22-16(3)25/h6-13H,4-5,14-15H2,1-3H3,(H,22,25)(H,23,26). The summed E-state index contributed by atoms with van der Waals surface area (Å²) in [4.78, 5) is 25.5. The molecule has 0 aliphatic rings. The molecule has 27 heavy (non-hydrogen) atoms. The average molecular weight is 369 g/mol. The van der Waals surface area contributed by atoms with Crippen molar-refractivity contribution in [3.63, 3.8) is 0 Å². The summed E-state index contributed by atoms with van der Waals surface area (Å²) in [6.07, 6.45) is 0. The maximum atomic E-state index is 12.4. The van der Waals surface area contributed by atoms with Crippen molar-refractivity contribution in [2.45, 2.75) is 27.3 Å². The van der Waals surface area contributed by atoms with Gasteiger partial charge in [-0.1, -0.05) is 25.1 Å². The lowest BCUT2D eigenvalue weighted by Crippen LogP contribution is -2.32. The van der Waals surface area contributed by atoms with E-state index in [1.165, 1.54) is 6.92 Å². The van der Waals surface area contributed by atoms with E-state index in [1.54, 1.807) is 24.3 Å². The van der Waals surface area contributed by atoms with E-state index in [9.17, 15) is 9.59 Å². The van der Waals surface area contributed by atoms with Crippen molar-refractivity contribution >= 4 is 23.2 Å². The van der Waals surface area contributed by atoms with Crippen LogP contribution in [-0.2, 0) is 16.1 Å². The summed E-state index contributed by atoms with van der Waals surface area (Å²) in [6, 6.07) is 14.9. The van der Waals surface area contributed by atoms with Gasteiger partial charge in [0.15, 0.2) is 0 Å². The fourth-order valence-electron chi connectivity index (χ4n) is 2.69. The van der Waals surface area contributed by atoms with Crippen LogP contribution in [-0.4, -0.2) is 36.4 Å². The molecule has 2 rings (SSSR count). The van der Waals surface area contributed by atoms with Crippen LogP contribution in [0.4, 0.5) is 11.4 Å². The van der Waals surface area contributed by atoms with Crippen molar-refractivity contribution in [2.24, 2.45) is 0 Å². The van der Waals surface area contributed by atoms with E-state index in [0.29, 0.717) is 24.5 Å². The van der Waals surface area contributed by atoms with Crippen LogP contribution in [0, 0.1) is 0 Å². The molecule has 0 spiro atoms. The molecule has 0 atom stereocenters. The van der Waals surface area contributed by atoms with Crippen molar-refractivity contribution in [1.29, 1.82) is 0 Å². The second kappa shape index (κ2) is 10.3. The molecule has 6 nitrogen and oxygen atoms in total. The van der Waals surface area contributed by atoms with Crippen LogP contribution in [0.25, 0.3) is 0 Å². The van der Waals surface area contributed by atoms with Crippen molar-refractivity contribution in [3.8, 4) is 5.75 Å². The highest BCUT2D eigenvalue weighted by molar-refractivity contribution is 5.93. The quantitative estimate of drug-likeness (QED) is 0.710. The number of carbonyl (C=O) groups is 2. The van der Waals surface area contributed by atoms with Crippen LogP contribution in [0.2, 0.25) is 0 Å². The third-order valence-corrected chi connectivity index (χ3v) is 3.97. The summed E-state index contributed by atoms with van der Waals surface area (Å²) < 4.78 is 5.66. The van der Waals surface area contributed by atoms with Crippen molar-refractivity contribution in [1.82, 2.24) is 4.90 Å². The van der Waals surface area contributed by atoms with E-state index in [1.807, 2.05) is 38.1 Å². The SMILES string of the molecule is CCOc1ccccc1CN(CC)CC(=O)Nc1ccc(NC(C)=O)cc1. The molecule has 0 saturated carbocycles. The minimum absolute atomic E-state index is 0.0852. The van der Waals surface area contributed by atoms with E-state index in [4.69, 9.17) is 4.74 Å². The summed E-state index contributed by atoms with van der Waals surface area (Å²) in [5, 5.41) is 5.59. The molecule has 2 amide bonds. The van der Waals surface area contributed by atoms with Gasteiger partial charge in [-0.25, -0.2) is 0 Å². The first-order valence-electron chi connectivity index (χ1n) is 9.12. The number of likely N-dealkylation sites (N-methyl/N-ethyl adjacent to an activating group) is 1. The van der Waals surface area contributed by atoms with Crippen LogP contribution >= 0.6 is 0 Å². The highest BCUT2D eigenvalue weighted by atomic mass is 16.5. The minimum atomic E-state index is -0.127. The number of nitrogens with one attached hydrogen (secondary N) is 2. The molecule has 0 radical (unpaired) electrons. The van der Waals surface area contributed by atoms with Gasteiger partial charge in [-0.15, -0.1) is 0 Å². The van der Waals surface area contributed by atoms with Gasteiger partial charge in [0, 0.05) is 30.4 Å². The first-order chi connectivity index (χ1) is 13.0. The number of hydrogen-bond donors (Lipinski definition) is 2. The molecule has 2 aromatic carbocycles. The smallest absolute Gasteiger partial charge is 0.238 e. The minimum Gasteiger partial charge on any atom is -0.494 e. The van der Waals surface area contributed by atoms with Crippen LogP contribution in [0.3, 0.4) is 0 Å². The maximum absolute atomic E-state index is 12.4. The Balaban J connectivity index is 1.94. The summed E-state index contributed by atoms with van der Waals surface area (Å²) >= 11 is 0. The lowest BCUT2D eigenvalue weighted by molar-refractivity contribution is -0.117. The highest BCUT2D eigenvalue weighted by Gasteiger charge is 2.12. The first kappa shape index (κ1) is 20.5. The molecule has 0 bridgehead atoms. The van der Waals surface area contributed by atoms with Crippen molar-refractivity contribution in [3.05, 3.63) is 54.1 Å². The van der Waals surface area contributed by atoms with Gasteiger partial charge in [-0.05, 0) is 43.8 Å². The number of ether oxygens (including phenoxy) is 1. The van der Waals surface area contributed by atoms with E-state index in [-0.39, 0.29) is 18.4 Å². The summed E-state index contributed by atoms with van der Waals surface area (Å²) in [5.74, 6) is 0.642. The Kier molecular flexibility index (Phi) is 7.82. The van der Waals surface area contributed by atoms with Crippen LogP contribution in [0.1, 0.15) is 26.3 Å². The lowest BCUT2D eigenvalue weighted by atomic mass is 10.2. The summed E-state index contributed by atoms with van der Waals surface area (Å²) in [5.41, 5.74) is 2.46. The van der Waals surface area contributed by atoms with Crippen LogP contribution < -0.4 is 15.4 Å². The van der Waals surface area contributed by atoms with Crippen molar-refractivity contribution < 1.29 is 14.3 Å². The number of para-hydroxylation sites is 1. The Hall–Kier alpha value is -2.86. The van der Waals surface area contributed by atoms with Gasteiger partial charge in [0.2, 0.25) is 11.8 Å². The van der Waals surface area contributed by atoms with E-state index in [2.05, 4.69) is 15.5 Å². The van der Waals surface area contributed by atoms with Crippen LogP contribution in [0.15, 0.2) is 48.5 Å². The molecule has 6 heteroatoms. The predicted octanol–water partition coefficient (Wildman–Crippen LogP) is 3.50. The van der Waals surface area contributed by atoms with E-state index >= 15 is 0 Å². The molecule has 0 fully saturated rings. The Labute approximate surface area is 160 Å². The lowest BCUT2D eigenvalue weighted by Gasteiger charge is -2.21. The van der Waals surface area contributed by atoms with Crippen LogP contribution in [0.5, 0.6) is 5.75 Å². The maximum Gasteiger partial charge on any atom is 0.238 e. The highest BCUT2D eigenvalue weighted by Crippen LogP contribution is 2.20. The molecule has 2 N–H and O–H groups in total. The molecule has 0 saturated heterocycles. The number of rotatable bonds is 9. The molecule has 0 aromatic heterocycles. The Morgan fingerprint density at radius 3 is 2.19 bits per heavy atom. The number of amides is 2.